The van der Waals surface area contributed by atoms with E-state index in [1.165, 1.54) is 0 Å². The summed E-state index contributed by atoms with van der Waals surface area (Å²) in [6.45, 7) is 2.42. The minimum atomic E-state index is -0.137. The molecular weight excluding hydrogens is 276 g/mol. The molecule has 0 radical (unpaired) electrons. The van der Waals surface area contributed by atoms with Crippen molar-refractivity contribution < 1.29 is 14.3 Å². The van der Waals surface area contributed by atoms with E-state index in [1.54, 1.807) is 16.9 Å². The average Bonchev–Trinajstić information content (AvgIpc) is 2.94. The second kappa shape index (κ2) is 7.23. The molecular formula is C12H22N6O3. The second-order valence-corrected chi connectivity index (χ2v) is 5.03. The molecule has 1 aliphatic heterocycles. The normalized spacial score (nSPS) is 18.6. The Hall–Kier alpha value is -1.87. The van der Waals surface area contributed by atoms with Crippen molar-refractivity contribution in [2.75, 3.05) is 52.4 Å². The molecule has 2 amide bonds. The van der Waals surface area contributed by atoms with Crippen LogP contribution in [0.1, 0.15) is 5.82 Å². The van der Waals surface area contributed by atoms with Crippen LogP contribution >= 0.6 is 0 Å². The van der Waals surface area contributed by atoms with Crippen molar-refractivity contribution in [3.63, 3.8) is 0 Å². The highest BCUT2D eigenvalue weighted by Crippen LogP contribution is 2.06. The van der Waals surface area contributed by atoms with Gasteiger partial charge in [-0.3, -0.25) is 5.10 Å². The summed E-state index contributed by atoms with van der Waals surface area (Å²) in [5.74, 6) is 1.21. The lowest BCUT2D eigenvalue weighted by molar-refractivity contribution is -0.0494. The van der Waals surface area contributed by atoms with Crippen LogP contribution in [0.15, 0.2) is 0 Å². The maximum absolute atomic E-state index is 12.1. The first-order chi connectivity index (χ1) is 10.1. The third-order valence-electron chi connectivity index (χ3n) is 3.11. The molecule has 2 heterocycles. The van der Waals surface area contributed by atoms with Gasteiger partial charge in [0.25, 0.3) is 0 Å². The molecule has 9 nitrogen and oxygen atoms in total. The molecule has 0 bridgehead atoms. The summed E-state index contributed by atoms with van der Waals surface area (Å²) >= 11 is 0. The van der Waals surface area contributed by atoms with E-state index in [2.05, 4.69) is 20.5 Å². The van der Waals surface area contributed by atoms with E-state index in [9.17, 15) is 4.79 Å². The molecule has 0 aliphatic carbocycles. The molecule has 1 atom stereocenters. The molecule has 2 rings (SSSR count). The molecule has 2 N–H and O–H groups in total. The van der Waals surface area contributed by atoms with Crippen LogP contribution in [0.3, 0.4) is 0 Å². The van der Waals surface area contributed by atoms with E-state index < -0.39 is 0 Å². The van der Waals surface area contributed by atoms with Crippen molar-refractivity contribution in [1.82, 2.24) is 25.4 Å². The molecule has 1 aromatic rings. The predicted octanol–water partition coefficient (Wildman–Crippen LogP) is -0.572. The Morgan fingerprint density at radius 1 is 1.62 bits per heavy atom. The van der Waals surface area contributed by atoms with Gasteiger partial charge in [-0.15, -0.1) is 5.10 Å². The molecule has 21 heavy (non-hydrogen) atoms. The van der Waals surface area contributed by atoms with E-state index in [4.69, 9.17) is 9.47 Å². The molecule has 1 fully saturated rings. The van der Waals surface area contributed by atoms with E-state index in [-0.39, 0.29) is 12.1 Å². The van der Waals surface area contributed by atoms with Gasteiger partial charge in [0.1, 0.15) is 5.82 Å². The third-order valence-corrected chi connectivity index (χ3v) is 3.11. The molecule has 1 aliphatic rings. The topological polar surface area (TPSA) is 95.6 Å². The fourth-order valence-electron chi connectivity index (χ4n) is 2.03. The number of urea groups is 1. The van der Waals surface area contributed by atoms with Crippen LogP contribution in [-0.4, -0.2) is 79.7 Å². The number of amides is 2. The van der Waals surface area contributed by atoms with Crippen LogP contribution in [0.4, 0.5) is 10.7 Å². The largest absolute Gasteiger partial charge is 0.382 e. The maximum Gasteiger partial charge on any atom is 0.317 e. The first-order valence-electron chi connectivity index (χ1n) is 6.82. The van der Waals surface area contributed by atoms with Crippen molar-refractivity contribution in [2.45, 2.75) is 12.6 Å². The van der Waals surface area contributed by atoms with Gasteiger partial charge >= 0.3 is 6.03 Å². The highest BCUT2D eigenvalue weighted by Gasteiger charge is 2.24. The van der Waals surface area contributed by atoms with Gasteiger partial charge in [-0.1, -0.05) is 0 Å². The zero-order valence-corrected chi connectivity index (χ0v) is 12.6. The smallest absolute Gasteiger partial charge is 0.317 e. The summed E-state index contributed by atoms with van der Waals surface area (Å²) < 4.78 is 10.6. The third kappa shape index (κ3) is 4.30. The maximum atomic E-state index is 12.1. The van der Waals surface area contributed by atoms with Crippen LogP contribution in [0, 0.1) is 0 Å². The summed E-state index contributed by atoms with van der Waals surface area (Å²) in [6.07, 6.45) is -0.0693. The Labute approximate surface area is 123 Å². The zero-order chi connectivity index (χ0) is 15.2. The van der Waals surface area contributed by atoms with Gasteiger partial charge in [0, 0.05) is 27.7 Å². The molecule has 0 spiro atoms. The van der Waals surface area contributed by atoms with E-state index in [1.807, 2.05) is 14.1 Å². The van der Waals surface area contributed by atoms with Crippen LogP contribution in [0.5, 0.6) is 0 Å². The SMILES string of the molecule is COCC1CN(C(=O)NCc2nc(N(C)C)n[nH]2)CCO1. The number of aromatic amines is 1. The van der Waals surface area contributed by atoms with Crippen LogP contribution in [0.25, 0.3) is 0 Å². The van der Waals surface area contributed by atoms with Gasteiger partial charge < -0.3 is 24.6 Å². The molecule has 118 valence electrons. The number of carbonyl (C=O) groups excluding carboxylic acids is 1. The van der Waals surface area contributed by atoms with Gasteiger partial charge in [-0.05, 0) is 0 Å². The summed E-state index contributed by atoms with van der Waals surface area (Å²) in [7, 11) is 5.33. The Bertz CT molecular complexity index is 462. The van der Waals surface area contributed by atoms with E-state index >= 15 is 0 Å². The Balaban J connectivity index is 1.80. The standard InChI is InChI=1S/C12H22N6O3/c1-17(2)11-14-10(15-16-11)6-13-12(19)18-4-5-21-9(7-18)8-20-3/h9H,4-8H2,1-3H3,(H,13,19)(H,14,15,16). The highest BCUT2D eigenvalue weighted by atomic mass is 16.5. The summed E-state index contributed by atoms with van der Waals surface area (Å²) in [5.41, 5.74) is 0. The van der Waals surface area contributed by atoms with E-state index in [0.717, 1.165) is 0 Å². The predicted molar refractivity (Wildman–Crippen MR) is 76.1 cm³/mol. The number of carbonyl (C=O) groups is 1. The number of rotatable bonds is 5. The monoisotopic (exact) mass is 298 g/mol. The Morgan fingerprint density at radius 3 is 3.10 bits per heavy atom. The number of nitrogens with zero attached hydrogens (tertiary/aromatic N) is 4. The molecule has 0 aromatic carbocycles. The summed E-state index contributed by atoms with van der Waals surface area (Å²) in [5, 5.41) is 9.65. The van der Waals surface area contributed by atoms with Crippen molar-refractivity contribution in [1.29, 1.82) is 0 Å². The second-order valence-electron chi connectivity index (χ2n) is 5.03. The lowest BCUT2D eigenvalue weighted by Crippen LogP contribution is -2.50. The first kappa shape index (κ1) is 15.5. The van der Waals surface area contributed by atoms with Gasteiger partial charge in [0.05, 0.1) is 32.4 Å². The van der Waals surface area contributed by atoms with Crippen LogP contribution < -0.4 is 10.2 Å². The number of H-pyrrole nitrogens is 1. The van der Waals surface area contributed by atoms with Gasteiger partial charge in [-0.25, -0.2) is 4.79 Å². The van der Waals surface area contributed by atoms with Crippen molar-refractivity contribution in [3.8, 4) is 0 Å². The fourth-order valence-corrected chi connectivity index (χ4v) is 2.03. The van der Waals surface area contributed by atoms with Gasteiger partial charge in [0.15, 0.2) is 0 Å². The van der Waals surface area contributed by atoms with Crippen molar-refractivity contribution in [3.05, 3.63) is 5.82 Å². The molecule has 1 saturated heterocycles. The zero-order valence-electron chi connectivity index (χ0n) is 12.6. The number of ether oxygens (including phenoxy) is 2. The average molecular weight is 298 g/mol. The lowest BCUT2D eigenvalue weighted by atomic mass is 10.3. The van der Waals surface area contributed by atoms with Crippen LogP contribution in [0.2, 0.25) is 0 Å². The number of hydrogen-bond donors (Lipinski definition) is 2. The number of nitrogens with one attached hydrogen (secondary N) is 2. The number of hydrogen-bond acceptors (Lipinski definition) is 6. The van der Waals surface area contributed by atoms with Gasteiger partial charge in [0.2, 0.25) is 5.95 Å². The number of anilines is 1. The quantitative estimate of drug-likeness (QED) is 0.755. The number of methoxy groups -OCH3 is 1. The van der Waals surface area contributed by atoms with Crippen LogP contribution in [-0.2, 0) is 16.0 Å². The Kier molecular flexibility index (Phi) is 5.34. The number of aromatic nitrogens is 3. The summed E-state index contributed by atoms with van der Waals surface area (Å²) in [6, 6.07) is -0.137. The van der Waals surface area contributed by atoms with Crippen molar-refractivity contribution in [2.24, 2.45) is 0 Å². The summed E-state index contributed by atoms with van der Waals surface area (Å²) in [4.78, 5) is 19.9. The molecule has 9 heteroatoms. The van der Waals surface area contributed by atoms with Gasteiger partial charge in [-0.2, -0.15) is 4.98 Å². The van der Waals surface area contributed by atoms with Crippen molar-refractivity contribution >= 4 is 12.0 Å². The minimum Gasteiger partial charge on any atom is -0.382 e. The number of morpholine rings is 1. The fraction of sp³-hybridized carbons (Fsp3) is 0.750. The molecule has 1 aromatic heterocycles. The Morgan fingerprint density at radius 2 is 2.43 bits per heavy atom. The minimum absolute atomic E-state index is 0.0693. The van der Waals surface area contributed by atoms with E-state index in [0.29, 0.717) is 44.6 Å². The first-order valence-corrected chi connectivity index (χ1v) is 6.82. The highest BCUT2D eigenvalue weighted by molar-refractivity contribution is 5.74. The lowest BCUT2D eigenvalue weighted by Gasteiger charge is -2.32. The molecule has 0 saturated carbocycles. The molecule has 1 unspecified atom stereocenters.